The molecule has 1 aliphatic rings. The molecule has 0 unspecified atom stereocenters. The summed E-state index contributed by atoms with van der Waals surface area (Å²) in [6.07, 6.45) is 8.11. The zero-order valence-electron chi connectivity index (χ0n) is 25.6. The van der Waals surface area contributed by atoms with Gasteiger partial charge in [-0.2, -0.15) is 0 Å². The van der Waals surface area contributed by atoms with Crippen LogP contribution in [0.25, 0.3) is 0 Å². The van der Waals surface area contributed by atoms with E-state index in [0.29, 0.717) is 38.5 Å². The van der Waals surface area contributed by atoms with Gasteiger partial charge in [0.15, 0.2) is 0 Å². The van der Waals surface area contributed by atoms with Crippen LogP contribution in [0.3, 0.4) is 0 Å². The molecular formula is C31H49N7O4. The molecule has 1 aromatic heterocycles. The van der Waals surface area contributed by atoms with Gasteiger partial charge in [0.1, 0.15) is 24.7 Å². The monoisotopic (exact) mass is 583 g/mol. The molecule has 2 N–H and O–H groups in total. The van der Waals surface area contributed by atoms with Crippen molar-refractivity contribution >= 4 is 17.8 Å². The summed E-state index contributed by atoms with van der Waals surface area (Å²) in [5.41, 5.74) is 2.38. The minimum absolute atomic E-state index is 0.0851. The van der Waals surface area contributed by atoms with Gasteiger partial charge in [-0.1, -0.05) is 38.1 Å². The van der Waals surface area contributed by atoms with Crippen LogP contribution in [0.2, 0.25) is 0 Å². The second-order valence-corrected chi connectivity index (χ2v) is 11.2. The lowest BCUT2D eigenvalue weighted by atomic mass is 10.1. The Labute approximate surface area is 250 Å². The summed E-state index contributed by atoms with van der Waals surface area (Å²) in [4.78, 5) is 40.5. The fraction of sp³-hybridized carbons (Fsp3) is 0.613. The minimum Gasteiger partial charge on any atom is -0.480 e. The van der Waals surface area contributed by atoms with E-state index in [1.807, 2.05) is 0 Å². The molecular weight excluding hydrogens is 534 g/mol. The standard InChI is InChI=1S/C31H49N7O4/c1-4-14-35(15-5-2)17-7-6-16-34(3)20-26-8-10-27(11-9-26)21-36(22-28-32-12-18-37(28)24-30(39)40)23-29-33-13-19-38(29)25-31(41)42/h8-12,18H,4-7,13-17,19-25H2,1-3H3,(H,39,40)(H,41,42). The maximum Gasteiger partial charge on any atom is 0.323 e. The van der Waals surface area contributed by atoms with E-state index >= 15 is 0 Å². The fourth-order valence-electron chi connectivity index (χ4n) is 5.45. The van der Waals surface area contributed by atoms with Gasteiger partial charge in [-0.15, -0.1) is 0 Å². The van der Waals surface area contributed by atoms with Gasteiger partial charge in [0.25, 0.3) is 0 Å². The SMILES string of the molecule is CCCN(CCC)CCCCN(C)Cc1ccc(CN(CC2=NCCN2CC(=O)O)Cc2nccn2CC(=O)O)cc1. The second-order valence-electron chi connectivity index (χ2n) is 11.2. The summed E-state index contributed by atoms with van der Waals surface area (Å²) in [6.45, 7) is 12.4. The lowest BCUT2D eigenvalue weighted by molar-refractivity contribution is -0.138. The average Bonchev–Trinajstić information content (AvgIpc) is 3.56. The molecule has 1 aliphatic heterocycles. The largest absolute Gasteiger partial charge is 0.480 e. The highest BCUT2D eigenvalue weighted by atomic mass is 16.4. The van der Waals surface area contributed by atoms with Gasteiger partial charge in [-0.3, -0.25) is 19.5 Å². The topological polar surface area (TPSA) is 118 Å². The molecule has 0 fully saturated rings. The van der Waals surface area contributed by atoms with Gasteiger partial charge in [0.2, 0.25) is 0 Å². The summed E-state index contributed by atoms with van der Waals surface area (Å²) in [5.74, 6) is -0.432. The third-order valence-electron chi connectivity index (χ3n) is 7.42. The van der Waals surface area contributed by atoms with Crippen molar-refractivity contribution in [1.29, 1.82) is 0 Å². The quantitative estimate of drug-likeness (QED) is 0.214. The molecule has 0 spiro atoms. The predicted octanol–water partition coefficient (Wildman–Crippen LogP) is 3.10. The number of amidine groups is 1. The molecule has 11 nitrogen and oxygen atoms in total. The summed E-state index contributed by atoms with van der Waals surface area (Å²) in [5, 5.41) is 18.6. The fourth-order valence-corrected chi connectivity index (χ4v) is 5.45. The third kappa shape index (κ3) is 11.5. The highest BCUT2D eigenvalue weighted by Gasteiger charge is 2.23. The lowest BCUT2D eigenvalue weighted by Crippen LogP contribution is -2.40. The average molecular weight is 584 g/mol. The van der Waals surface area contributed by atoms with Crippen molar-refractivity contribution in [3.8, 4) is 0 Å². The van der Waals surface area contributed by atoms with Crippen LogP contribution in [-0.2, 0) is 35.8 Å². The number of imidazole rings is 1. The van der Waals surface area contributed by atoms with Crippen molar-refractivity contribution in [2.24, 2.45) is 4.99 Å². The first-order chi connectivity index (χ1) is 20.3. The normalized spacial score (nSPS) is 13.5. The van der Waals surface area contributed by atoms with Crippen LogP contribution in [0.4, 0.5) is 0 Å². The molecule has 11 heteroatoms. The Morgan fingerprint density at radius 2 is 1.48 bits per heavy atom. The lowest BCUT2D eigenvalue weighted by Gasteiger charge is -2.26. The van der Waals surface area contributed by atoms with Crippen LogP contribution < -0.4 is 0 Å². The molecule has 0 saturated heterocycles. The van der Waals surface area contributed by atoms with Crippen molar-refractivity contribution in [2.75, 3.05) is 59.4 Å². The highest BCUT2D eigenvalue weighted by Crippen LogP contribution is 2.14. The Balaban J connectivity index is 1.58. The number of carboxylic acids is 2. The number of nitrogens with zero attached hydrogens (tertiary/aromatic N) is 7. The van der Waals surface area contributed by atoms with Gasteiger partial charge in [-0.05, 0) is 70.0 Å². The number of carboxylic acid groups (broad SMARTS) is 2. The van der Waals surface area contributed by atoms with Gasteiger partial charge in [-0.25, -0.2) is 4.98 Å². The Morgan fingerprint density at radius 3 is 2.12 bits per heavy atom. The van der Waals surface area contributed by atoms with Crippen LogP contribution in [0.5, 0.6) is 0 Å². The molecule has 3 rings (SSSR count). The van der Waals surface area contributed by atoms with Gasteiger partial charge in [0, 0.05) is 32.0 Å². The second kappa shape index (κ2) is 17.6. The van der Waals surface area contributed by atoms with Gasteiger partial charge in [0.05, 0.1) is 19.6 Å². The van der Waals surface area contributed by atoms with E-state index in [2.05, 4.69) is 69.8 Å². The zero-order valence-corrected chi connectivity index (χ0v) is 25.6. The summed E-state index contributed by atoms with van der Waals surface area (Å²) < 4.78 is 1.63. The minimum atomic E-state index is -0.927. The molecule has 0 aliphatic carbocycles. The number of rotatable bonds is 21. The molecule has 232 valence electrons. The number of hydrogen-bond acceptors (Lipinski definition) is 8. The number of carbonyl (C=O) groups is 2. The molecule has 1 aromatic carbocycles. The number of unbranched alkanes of at least 4 members (excludes halogenated alkanes) is 1. The molecule has 2 aromatic rings. The molecule has 0 saturated carbocycles. The van der Waals surface area contributed by atoms with Crippen LogP contribution in [0.1, 0.15) is 56.5 Å². The predicted molar refractivity (Wildman–Crippen MR) is 165 cm³/mol. The first-order valence-corrected chi connectivity index (χ1v) is 15.2. The van der Waals surface area contributed by atoms with Gasteiger partial charge >= 0.3 is 11.9 Å². The maximum absolute atomic E-state index is 11.4. The van der Waals surface area contributed by atoms with E-state index in [9.17, 15) is 19.8 Å². The van der Waals surface area contributed by atoms with Crippen molar-refractivity contribution in [3.63, 3.8) is 0 Å². The van der Waals surface area contributed by atoms with E-state index in [0.717, 1.165) is 24.5 Å². The number of aliphatic imine (C=N–C) groups is 1. The molecule has 42 heavy (non-hydrogen) atoms. The van der Waals surface area contributed by atoms with Crippen LogP contribution >= 0.6 is 0 Å². The van der Waals surface area contributed by atoms with E-state index in [1.54, 1.807) is 21.9 Å². The summed E-state index contributed by atoms with van der Waals surface area (Å²) in [7, 11) is 2.18. The van der Waals surface area contributed by atoms with E-state index in [-0.39, 0.29) is 13.1 Å². The van der Waals surface area contributed by atoms with E-state index in [4.69, 9.17) is 0 Å². The van der Waals surface area contributed by atoms with Gasteiger partial charge < -0.3 is 29.5 Å². The number of aliphatic carboxylic acids is 2. The van der Waals surface area contributed by atoms with E-state index in [1.165, 1.54) is 50.9 Å². The Bertz CT molecular complexity index is 1130. The Kier molecular flexibility index (Phi) is 13.9. The van der Waals surface area contributed by atoms with Crippen molar-refractivity contribution in [1.82, 2.24) is 29.2 Å². The molecule has 0 radical (unpaired) electrons. The Morgan fingerprint density at radius 1 is 0.833 bits per heavy atom. The van der Waals surface area contributed by atoms with Crippen molar-refractivity contribution in [2.45, 2.75) is 65.7 Å². The third-order valence-corrected chi connectivity index (χ3v) is 7.42. The zero-order chi connectivity index (χ0) is 30.3. The number of aromatic nitrogens is 2. The van der Waals surface area contributed by atoms with Crippen LogP contribution in [0.15, 0.2) is 41.7 Å². The highest BCUT2D eigenvalue weighted by molar-refractivity contribution is 5.88. The summed E-state index contributed by atoms with van der Waals surface area (Å²) in [6, 6.07) is 8.62. The first kappa shape index (κ1) is 33.2. The molecule has 0 bridgehead atoms. The van der Waals surface area contributed by atoms with Crippen molar-refractivity contribution in [3.05, 3.63) is 53.6 Å². The van der Waals surface area contributed by atoms with E-state index < -0.39 is 11.9 Å². The number of hydrogen-bond donors (Lipinski definition) is 2. The van der Waals surface area contributed by atoms with Crippen molar-refractivity contribution < 1.29 is 19.8 Å². The Hall–Kier alpha value is -3.28. The number of benzene rings is 1. The first-order valence-electron chi connectivity index (χ1n) is 15.2. The van der Waals surface area contributed by atoms with Crippen LogP contribution in [0, 0.1) is 0 Å². The molecule has 2 heterocycles. The van der Waals surface area contributed by atoms with Crippen LogP contribution in [-0.4, -0.2) is 117 Å². The molecule has 0 atom stereocenters. The smallest absolute Gasteiger partial charge is 0.323 e. The molecule has 0 amide bonds. The maximum atomic E-state index is 11.4. The summed E-state index contributed by atoms with van der Waals surface area (Å²) >= 11 is 0.